The van der Waals surface area contributed by atoms with Crippen LogP contribution in [0.25, 0.3) is 0 Å². The molecule has 0 aliphatic carbocycles. The van der Waals surface area contributed by atoms with E-state index in [1.54, 1.807) is 0 Å². The molecule has 0 aromatic heterocycles. The van der Waals surface area contributed by atoms with E-state index >= 15 is 0 Å². The summed E-state index contributed by atoms with van der Waals surface area (Å²) in [6, 6.07) is 0. The smallest absolute Gasteiger partial charge is 0.0443 e. The van der Waals surface area contributed by atoms with Crippen LogP contribution in [-0.4, -0.2) is 0 Å². The van der Waals surface area contributed by atoms with Gasteiger partial charge in [0.2, 0.25) is 0 Å². The highest BCUT2D eigenvalue weighted by Crippen LogP contribution is 2.13. The van der Waals surface area contributed by atoms with Gasteiger partial charge in [0.25, 0.3) is 0 Å². The van der Waals surface area contributed by atoms with Crippen molar-refractivity contribution >= 4 is 0 Å². The van der Waals surface area contributed by atoms with Gasteiger partial charge in [0, 0.05) is 0 Å². The van der Waals surface area contributed by atoms with Gasteiger partial charge in [-0.1, -0.05) is 79.6 Å². The van der Waals surface area contributed by atoms with Gasteiger partial charge in [0.15, 0.2) is 0 Å². The summed E-state index contributed by atoms with van der Waals surface area (Å²) < 4.78 is 0. The molecule has 13 heavy (non-hydrogen) atoms. The molecule has 0 saturated carbocycles. The van der Waals surface area contributed by atoms with Crippen LogP contribution < -0.4 is 0 Å². The Balaban J connectivity index is 0. The maximum Gasteiger partial charge on any atom is -0.0443 e. The molecule has 0 fully saturated rings. The van der Waals surface area contributed by atoms with Crippen molar-refractivity contribution in [2.75, 3.05) is 0 Å². The Morgan fingerprint density at radius 2 is 1.31 bits per heavy atom. The lowest BCUT2D eigenvalue weighted by molar-refractivity contribution is 0.459. The van der Waals surface area contributed by atoms with Crippen LogP contribution >= 0.6 is 0 Å². The van der Waals surface area contributed by atoms with Crippen LogP contribution in [0.2, 0.25) is 0 Å². The molecule has 82 valence electrons. The molecule has 0 nitrogen and oxygen atoms in total. The molecule has 0 aromatic rings. The van der Waals surface area contributed by atoms with Crippen molar-refractivity contribution in [1.82, 2.24) is 0 Å². The van der Waals surface area contributed by atoms with Crippen LogP contribution in [0.4, 0.5) is 0 Å². The zero-order valence-corrected chi connectivity index (χ0v) is 10.5. The summed E-state index contributed by atoms with van der Waals surface area (Å²) in [5.74, 6) is 0.969. The minimum atomic E-state index is 0.969. The molecule has 0 spiro atoms. The van der Waals surface area contributed by atoms with Crippen molar-refractivity contribution in [2.24, 2.45) is 5.92 Å². The van der Waals surface area contributed by atoms with Gasteiger partial charge in [-0.15, -0.1) is 0 Å². The van der Waals surface area contributed by atoms with E-state index in [1.807, 2.05) is 0 Å². The lowest BCUT2D eigenvalue weighted by atomic mass is 9.99. The Kier molecular flexibility index (Phi) is 17.3. The van der Waals surface area contributed by atoms with Crippen molar-refractivity contribution in [3.05, 3.63) is 0 Å². The van der Waals surface area contributed by atoms with Crippen LogP contribution in [0.15, 0.2) is 0 Å². The van der Waals surface area contributed by atoms with Gasteiger partial charge in [-0.05, 0) is 5.92 Å². The molecular weight excluding hydrogens is 156 g/mol. The molecule has 0 saturated heterocycles. The molecule has 0 amide bonds. The summed E-state index contributed by atoms with van der Waals surface area (Å²) in [6.07, 6.45) is 9.70. The molecule has 0 N–H and O–H groups in total. The summed E-state index contributed by atoms with van der Waals surface area (Å²) in [6.45, 7) is 11.2. The molecule has 0 bridgehead atoms. The Hall–Kier alpha value is 0. The van der Waals surface area contributed by atoms with Gasteiger partial charge < -0.3 is 0 Å². The van der Waals surface area contributed by atoms with E-state index < -0.39 is 0 Å². The maximum absolute atomic E-state index is 2.37. The number of hydrogen-bond acceptors (Lipinski definition) is 0. The van der Waals surface area contributed by atoms with E-state index in [9.17, 15) is 0 Å². The first kappa shape index (κ1) is 15.5. The first-order chi connectivity index (χ1) is 6.22. The Morgan fingerprint density at radius 1 is 0.769 bits per heavy atom. The third kappa shape index (κ3) is 18.8. The van der Waals surface area contributed by atoms with Crippen LogP contribution in [-0.2, 0) is 0 Å². The summed E-state index contributed by atoms with van der Waals surface area (Å²) >= 11 is 0. The minimum Gasteiger partial charge on any atom is -0.0656 e. The molecule has 0 radical (unpaired) electrons. The van der Waals surface area contributed by atoms with Crippen molar-refractivity contribution in [1.29, 1.82) is 0 Å². The highest BCUT2D eigenvalue weighted by molar-refractivity contribution is 4.51. The van der Waals surface area contributed by atoms with Gasteiger partial charge in [-0.2, -0.15) is 0 Å². The summed E-state index contributed by atoms with van der Waals surface area (Å²) in [5, 5.41) is 0. The van der Waals surface area contributed by atoms with Gasteiger partial charge in [0.05, 0.1) is 0 Å². The third-order valence-electron chi connectivity index (χ3n) is 2.08. The van der Waals surface area contributed by atoms with Crippen molar-refractivity contribution in [3.8, 4) is 0 Å². The van der Waals surface area contributed by atoms with Gasteiger partial charge in [0.1, 0.15) is 0 Å². The minimum absolute atomic E-state index is 0.969. The molecule has 0 aliphatic rings. The zero-order chi connectivity index (χ0) is 10.5. The predicted molar refractivity (Wildman–Crippen MR) is 64.2 cm³/mol. The highest BCUT2D eigenvalue weighted by Gasteiger charge is 1.98. The maximum atomic E-state index is 2.37. The second kappa shape index (κ2) is 14.5. The van der Waals surface area contributed by atoms with Crippen LogP contribution in [0.1, 0.15) is 79.6 Å². The third-order valence-corrected chi connectivity index (χ3v) is 2.08. The van der Waals surface area contributed by atoms with E-state index in [0.29, 0.717) is 0 Å². The molecule has 0 aliphatic heterocycles. The Bertz CT molecular complexity index is 66.4. The van der Waals surface area contributed by atoms with Gasteiger partial charge in [-0.3, -0.25) is 0 Å². The fraction of sp³-hybridized carbons (Fsp3) is 1.00. The van der Waals surface area contributed by atoms with Crippen LogP contribution in [0.5, 0.6) is 0 Å². The highest BCUT2D eigenvalue weighted by atomic mass is 14.0. The van der Waals surface area contributed by atoms with Crippen molar-refractivity contribution < 1.29 is 0 Å². The molecule has 0 heterocycles. The average Bonchev–Trinajstić information content (AvgIpc) is 2.07. The fourth-order valence-electron chi connectivity index (χ4n) is 1.38. The van der Waals surface area contributed by atoms with Crippen molar-refractivity contribution in [2.45, 2.75) is 79.6 Å². The summed E-state index contributed by atoms with van der Waals surface area (Å²) in [7, 11) is 0. The largest absolute Gasteiger partial charge is 0.0656 e. The number of hydrogen-bond donors (Lipinski definition) is 0. The fourth-order valence-corrected chi connectivity index (χ4v) is 1.38. The van der Waals surface area contributed by atoms with E-state index in [4.69, 9.17) is 0 Å². The van der Waals surface area contributed by atoms with E-state index in [2.05, 4.69) is 34.6 Å². The lowest BCUT2D eigenvalue weighted by Gasteiger charge is -2.07. The molecule has 1 unspecified atom stereocenters. The molecule has 1 atom stereocenters. The van der Waals surface area contributed by atoms with Gasteiger partial charge >= 0.3 is 0 Å². The number of unbranched alkanes of at least 4 members (excludes halogenated alkanes) is 2. The second-order valence-electron chi connectivity index (χ2n) is 4.10. The Labute approximate surface area is 86.1 Å². The topological polar surface area (TPSA) is 0 Å². The molecular formula is C13H30. The quantitative estimate of drug-likeness (QED) is 0.486. The SMILES string of the molecule is CCC.CCCCCC(C)CCC. The van der Waals surface area contributed by atoms with E-state index in [1.165, 1.54) is 44.9 Å². The monoisotopic (exact) mass is 186 g/mol. The first-order valence-corrected chi connectivity index (χ1v) is 6.22. The van der Waals surface area contributed by atoms with Crippen LogP contribution in [0, 0.1) is 5.92 Å². The second-order valence-corrected chi connectivity index (χ2v) is 4.10. The standard InChI is InChI=1S/C10H22.C3H8/c1-4-6-7-9-10(3)8-5-2;1-3-2/h10H,4-9H2,1-3H3;3H2,1-2H3. The van der Waals surface area contributed by atoms with Crippen LogP contribution in [0.3, 0.4) is 0 Å². The van der Waals surface area contributed by atoms with E-state index in [0.717, 1.165) is 5.92 Å². The number of rotatable bonds is 6. The predicted octanol–water partition coefficient (Wildman–Crippen LogP) is 5.42. The normalized spacial score (nSPS) is 11.8. The average molecular weight is 186 g/mol. The molecule has 0 rings (SSSR count). The summed E-state index contributed by atoms with van der Waals surface area (Å²) in [5.41, 5.74) is 0. The lowest BCUT2D eigenvalue weighted by Crippen LogP contribution is -1.92. The first-order valence-electron chi connectivity index (χ1n) is 6.22. The molecule has 0 heteroatoms. The molecule has 0 aromatic carbocycles. The Morgan fingerprint density at radius 3 is 1.69 bits per heavy atom. The zero-order valence-electron chi connectivity index (χ0n) is 10.5. The van der Waals surface area contributed by atoms with Crippen molar-refractivity contribution in [3.63, 3.8) is 0 Å². The van der Waals surface area contributed by atoms with E-state index in [-0.39, 0.29) is 0 Å². The summed E-state index contributed by atoms with van der Waals surface area (Å²) in [4.78, 5) is 0. The van der Waals surface area contributed by atoms with Gasteiger partial charge in [-0.25, -0.2) is 0 Å².